The van der Waals surface area contributed by atoms with E-state index in [2.05, 4.69) is 10.1 Å². The molecule has 1 atom stereocenters. The van der Waals surface area contributed by atoms with Crippen molar-refractivity contribution in [1.29, 1.82) is 0 Å². The minimum absolute atomic E-state index is 0.0461. The van der Waals surface area contributed by atoms with Crippen molar-refractivity contribution in [1.82, 2.24) is 10.2 Å². The highest BCUT2D eigenvalue weighted by molar-refractivity contribution is 5.82. The van der Waals surface area contributed by atoms with Crippen molar-refractivity contribution in [2.45, 2.75) is 32.3 Å². The van der Waals surface area contributed by atoms with Gasteiger partial charge in [-0.3, -0.25) is 9.59 Å². The van der Waals surface area contributed by atoms with Crippen LogP contribution in [0.15, 0.2) is 54.6 Å². The van der Waals surface area contributed by atoms with Gasteiger partial charge in [-0.05, 0) is 42.5 Å². The lowest BCUT2D eigenvalue weighted by molar-refractivity contribution is -0.135. The van der Waals surface area contributed by atoms with Crippen LogP contribution in [0, 0.1) is 5.92 Å². The summed E-state index contributed by atoms with van der Waals surface area (Å²) in [6.45, 7) is -1.27. The van der Waals surface area contributed by atoms with Crippen LogP contribution >= 0.6 is 0 Å². The van der Waals surface area contributed by atoms with Gasteiger partial charge in [-0.15, -0.1) is 0 Å². The number of nitrogens with one attached hydrogen (secondary N) is 1. The molecule has 0 radical (unpaired) electrons. The van der Waals surface area contributed by atoms with E-state index >= 15 is 0 Å². The number of hydrogen-bond donors (Lipinski definition) is 1. The van der Waals surface area contributed by atoms with Crippen LogP contribution in [0.5, 0.6) is 5.75 Å². The summed E-state index contributed by atoms with van der Waals surface area (Å²) in [6, 6.07) is 16.0. The largest absolute Gasteiger partial charge is 0.435 e. The first-order valence-corrected chi connectivity index (χ1v) is 10.1. The van der Waals surface area contributed by atoms with Crippen LogP contribution in [0.1, 0.15) is 24.0 Å². The van der Waals surface area contributed by atoms with Gasteiger partial charge in [0.05, 0.1) is 12.3 Å². The number of benzene rings is 2. The van der Waals surface area contributed by atoms with Gasteiger partial charge in [0.15, 0.2) is 0 Å². The van der Waals surface area contributed by atoms with Crippen molar-refractivity contribution in [2.75, 3.05) is 19.6 Å². The van der Waals surface area contributed by atoms with Gasteiger partial charge < -0.3 is 15.0 Å². The number of likely N-dealkylation sites (tertiary alicyclic amines) is 1. The summed E-state index contributed by atoms with van der Waals surface area (Å²) in [5, 5.41) is 2.93. The summed E-state index contributed by atoms with van der Waals surface area (Å²) in [5.41, 5.74) is 1.89. The maximum atomic E-state index is 12.6. The molecule has 0 aromatic heterocycles. The molecular weight excluding hydrogens is 390 g/mol. The third kappa shape index (κ3) is 6.54. The Morgan fingerprint density at radius 2 is 1.80 bits per heavy atom. The normalized spacial score (nSPS) is 16.4. The van der Waals surface area contributed by atoms with E-state index in [9.17, 15) is 18.4 Å². The van der Waals surface area contributed by atoms with Gasteiger partial charge in [0, 0.05) is 19.6 Å². The van der Waals surface area contributed by atoms with Gasteiger partial charge in [0.25, 0.3) is 0 Å². The van der Waals surface area contributed by atoms with Crippen LogP contribution in [0.2, 0.25) is 0 Å². The molecule has 1 N–H and O–H groups in total. The average molecular weight is 416 g/mol. The van der Waals surface area contributed by atoms with Crippen molar-refractivity contribution in [3.05, 3.63) is 65.7 Å². The van der Waals surface area contributed by atoms with E-state index in [1.54, 1.807) is 17.0 Å². The van der Waals surface area contributed by atoms with E-state index in [0.29, 0.717) is 32.5 Å². The maximum Gasteiger partial charge on any atom is 0.387 e. The molecule has 0 saturated carbocycles. The molecular formula is C23H26F2N2O3. The Balaban J connectivity index is 1.43. The van der Waals surface area contributed by atoms with Gasteiger partial charge >= 0.3 is 6.61 Å². The number of carbonyl (C=O) groups excluding carboxylic acids is 2. The number of piperidine rings is 1. The second-order valence-electron chi connectivity index (χ2n) is 7.40. The van der Waals surface area contributed by atoms with Crippen LogP contribution < -0.4 is 10.1 Å². The zero-order valence-electron chi connectivity index (χ0n) is 16.7. The van der Waals surface area contributed by atoms with E-state index in [1.807, 2.05) is 30.3 Å². The summed E-state index contributed by atoms with van der Waals surface area (Å²) >= 11 is 0. The zero-order chi connectivity index (χ0) is 21.3. The van der Waals surface area contributed by atoms with Crippen LogP contribution in [0.25, 0.3) is 0 Å². The van der Waals surface area contributed by atoms with Crippen LogP contribution in [-0.2, 0) is 22.4 Å². The van der Waals surface area contributed by atoms with E-state index in [-0.39, 0.29) is 23.5 Å². The molecule has 5 nitrogen and oxygen atoms in total. The van der Waals surface area contributed by atoms with E-state index in [4.69, 9.17) is 0 Å². The Bertz CT molecular complexity index is 828. The Morgan fingerprint density at radius 3 is 2.50 bits per heavy atom. The van der Waals surface area contributed by atoms with Crippen LogP contribution in [-0.4, -0.2) is 43.0 Å². The molecule has 3 rings (SSSR count). The number of halogens is 2. The van der Waals surface area contributed by atoms with Gasteiger partial charge in [0.1, 0.15) is 5.75 Å². The molecule has 0 bridgehead atoms. The predicted octanol–water partition coefficient (Wildman–Crippen LogP) is 3.43. The number of amides is 2. The summed E-state index contributed by atoms with van der Waals surface area (Å²) in [4.78, 5) is 26.9. The number of hydrogen-bond acceptors (Lipinski definition) is 3. The molecule has 2 aromatic rings. The molecule has 1 saturated heterocycles. The standard InChI is InChI=1S/C23H26F2N2O3/c24-23(25)30-20-10-8-17(9-11-20)12-13-26-22(29)19-7-4-14-27(16-19)21(28)15-18-5-2-1-3-6-18/h1-3,5-6,8-11,19,23H,4,7,12-16H2,(H,26,29). The highest BCUT2D eigenvalue weighted by Crippen LogP contribution is 2.18. The summed E-state index contributed by atoms with van der Waals surface area (Å²) in [6.07, 6.45) is 2.51. The minimum Gasteiger partial charge on any atom is -0.435 e. The summed E-state index contributed by atoms with van der Waals surface area (Å²) < 4.78 is 28.7. The SMILES string of the molecule is O=C(NCCc1ccc(OC(F)F)cc1)C1CCCN(C(=O)Cc2ccccc2)C1. The summed E-state index contributed by atoms with van der Waals surface area (Å²) in [5.74, 6) is -0.102. The number of rotatable bonds is 8. The number of carbonyl (C=O) groups is 2. The van der Waals surface area contributed by atoms with E-state index in [0.717, 1.165) is 24.0 Å². The van der Waals surface area contributed by atoms with E-state index < -0.39 is 6.61 Å². The van der Waals surface area contributed by atoms with Crippen molar-refractivity contribution >= 4 is 11.8 Å². The fourth-order valence-corrected chi connectivity index (χ4v) is 3.61. The highest BCUT2D eigenvalue weighted by Gasteiger charge is 2.28. The minimum atomic E-state index is -2.84. The van der Waals surface area contributed by atoms with Gasteiger partial charge in [-0.2, -0.15) is 8.78 Å². The molecule has 7 heteroatoms. The van der Waals surface area contributed by atoms with E-state index in [1.165, 1.54) is 12.1 Å². The molecule has 2 aromatic carbocycles. The van der Waals surface area contributed by atoms with Crippen LogP contribution in [0.3, 0.4) is 0 Å². The Kier molecular flexibility index (Phi) is 7.76. The fraction of sp³-hybridized carbons (Fsp3) is 0.391. The van der Waals surface area contributed by atoms with Crippen molar-refractivity contribution < 1.29 is 23.1 Å². The molecule has 160 valence electrons. The molecule has 0 spiro atoms. The molecule has 1 heterocycles. The number of ether oxygens (including phenoxy) is 1. The van der Waals surface area contributed by atoms with Crippen molar-refractivity contribution in [3.8, 4) is 5.75 Å². The van der Waals surface area contributed by atoms with Crippen molar-refractivity contribution in [2.24, 2.45) is 5.92 Å². The molecule has 1 aliphatic heterocycles. The smallest absolute Gasteiger partial charge is 0.387 e. The topological polar surface area (TPSA) is 58.6 Å². The third-order valence-corrected chi connectivity index (χ3v) is 5.20. The summed E-state index contributed by atoms with van der Waals surface area (Å²) in [7, 11) is 0. The van der Waals surface area contributed by atoms with Crippen molar-refractivity contribution in [3.63, 3.8) is 0 Å². The Morgan fingerprint density at radius 1 is 1.07 bits per heavy atom. The molecule has 30 heavy (non-hydrogen) atoms. The molecule has 1 fully saturated rings. The zero-order valence-corrected chi connectivity index (χ0v) is 16.7. The first-order valence-electron chi connectivity index (χ1n) is 10.1. The lowest BCUT2D eigenvalue weighted by Crippen LogP contribution is -2.46. The number of nitrogens with zero attached hydrogens (tertiary/aromatic N) is 1. The average Bonchev–Trinajstić information content (AvgIpc) is 2.75. The second-order valence-corrected chi connectivity index (χ2v) is 7.40. The predicted molar refractivity (Wildman–Crippen MR) is 109 cm³/mol. The Hall–Kier alpha value is -2.96. The molecule has 1 aliphatic rings. The first kappa shape index (κ1) is 21.7. The molecule has 1 unspecified atom stereocenters. The fourth-order valence-electron chi connectivity index (χ4n) is 3.61. The van der Waals surface area contributed by atoms with Gasteiger partial charge in [-0.25, -0.2) is 0 Å². The van der Waals surface area contributed by atoms with Gasteiger partial charge in [0.2, 0.25) is 11.8 Å². The van der Waals surface area contributed by atoms with Crippen LogP contribution in [0.4, 0.5) is 8.78 Å². The molecule has 0 aliphatic carbocycles. The monoisotopic (exact) mass is 416 g/mol. The highest BCUT2D eigenvalue weighted by atomic mass is 19.3. The lowest BCUT2D eigenvalue weighted by atomic mass is 9.96. The number of alkyl halides is 2. The third-order valence-electron chi connectivity index (χ3n) is 5.20. The maximum absolute atomic E-state index is 12.6. The quantitative estimate of drug-likeness (QED) is 0.717. The Labute approximate surface area is 175 Å². The molecule has 2 amide bonds. The second kappa shape index (κ2) is 10.7. The van der Waals surface area contributed by atoms with Gasteiger partial charge in [-0.1, -0.05) is 42.5 Å². The first-order chi connectivity index (χ1) is 14.5. The lowest BCUT2D eigenvalue weighted by Gasteiger charge is -2.32.